The molecule has 0 aliphatic carbocycles. The lowest BCUT2D eigenvalue weighted by molar-refractivity contribution is -0.123. The highest BCUT2D eigenvalue weighted by molar-refractivity contribution is 5.81. The second-order valence-corrected chi connectivity index (χ2v) is 4.61. The van der Waals surface area contributed by atoms with E-state index in [1.165, 1.54) is 11.1 Å². The van der Waals surface area contributed by atoms with E-state index in [4.69, 9.17) is 5.73 Å². The van der Waals surface area contributed by atoms with Crippen LogP contribution in [0.3, 0.4) is 0 Å². The van der Waals surface area contributed by atoms with Crippen molar-refractivity contribution in [2.45, 2.75) is 39.8 Å². The Morgan fingerprint density at radius 2 is 1.88 bits per heavy atom. The fourth-order valence-corrected chi connectivity index (χ4v) is 1.68. The van der Waals surface area contributed by atoms with Gasteiger partial charge < -0.3 is 11.1 Å². The molecule has 0 heterocycles. The van der Waals surface area contributed by atoms with Gasteiger partial charge in [-0.2, -0.15) is 0 Å². The maximum atomic E-state index is 11.7. The summed E-state index contributed by atoms with van der Waals surface area (Å²) in [4.78, 5) is 11.7. The lowest BCUT2D eigenvalue weighted by Crippen LogP contribution is -2.43. The van der Waals surface area contributed by atoms with Gasteiger partial charge in [-0.25, -0.2) is 0 Å². The fraction of sp³-hybridized carbons (Fsp3) is 0.500. The summed E-state index contributed by atoms with van der Waals surface area (Å²) in [6.45, 7) is 6.57. The topological polar surface area (TPSA) is 55.1 Å². The Balaban J connectivity index is 2.58. The Morgan fingerprint density at radius 1 is 1.29 bits per heavy atom. The molecule has 17 heavy (non-hydrogen) atoms. The lowest BCUT2D eigenvalue weighted by Gasteiger charge is -2.16. The van der Waals surface area contributed by atoms with Crippen molar-refractivity contribution in [3.63, 3.8) is 0 Å². The molecule has 94 valence electrons. The zero-order valence-corrected chi connectivity index (χ0v) is 10.9. The average Bonchev–Trinajstić information content (AvgIpc) is 2.35. The van der Waals surface area contributed by atoms with Gasteiger partial charge in [-0.1, -0.05) is 45.0 Å². The first-order chi connectivity index (χ1) is 8.06. The van der Waals surface area contributed by atoms with E-state index >= 15 is 0 Å². The van der Waals surface area contributed by atoms with Crippen LogP contribution in [0, 0.1) is 5.92 Å². The molecule has 0 unspecified atom stereocenters. The first kappa shape index (κ1) is 13.7. The van der Waals surface area contributed by atoms with Gasteiger partial charge in [0.1, 0.15) is 0 Å². The maximum Gasteiger partial charge on any atom is 0.237 e. The summed E-state index contributed by atoms with van der Waals surface area (Å²) < 4.78 is 0. The third-order valence-electron chi connectivity index (χ3n) is 2.97. The molecule has 3 N–H and O–H groups in total. The molecule has 0 spiro atoms. The second kappa shape index (κ2) is 6.40. The summed E-state index contributed by atoms with van der Waals surface area (Å²) in [5.74, 6) is 0.0855. The Labute approximate surface area is 103 Å². The van der Waals surface area contributed by atoms with E-state index in [1.807, 2.05) is 32.0 Å². The van der Waals surface area contributed by atoms with Crippen LogP contribution in [0.25, 0.3) is 0 Å². The van der Waals surface area contributed by atoms with Gasteiger partial charge in [0.2, 0.25) is 5.91 Å². The van der Waals surface area contributed by atoms with Crippen molar-refractivity contribution in [3.8, 4) is 0 Å². The summed E-state index contributed by atoms with van der Waals surface area (Å²) in [5, 5.41) is 2.89. The normalized spacial score (nSPS) is 12.5. The average molecular weight is 234 g/mol. The zero-order valence-electron chi connectivity index (χ0n) is 10.9. The number of carbonyl (C=O) groups is 1. The van der Waals surface area contributed by atoms with E-state index in [2.05, 4.69) is 18.3 Å². The fourth-order valence-electron chi connectivity index (χ4n) is 1.68. The summed E-state index contributed by atoms with van der Waals surface area (Å²) in [7, 11) is 0. The van der Waals surface area contributed by atoms with Crippen molar-refractivity contribution < 1.29 is 4.79 Å². The predicted octanol–water partition coefficient (Wildman–Crippen LogP) is 1.85. The minimum absolute atomic E-state index is 0.0779. The van der Waals surface area contributed by atoms with Crippen LogP contribution in [-0.4, -0.2) is 11.9 Å². The van der Waals surface area contributed by atoms with Gasteiger partial charge in [-0.05, 0) is 23.5 Å². The summed E-state index contributed by atoms with van der Waals surface area (Å²) in [5.41, 5.74) is 8.22. The highest BCUT2D eigenvalue weighted by Crippen LogP contribution is 2.09. The molecular weight excluding hydrogens is 212 g/mol. The van der Waals surface area contributed by atoms with Crippen molar-refractivity contribution >= 4 is 5.91 Å². The number of amides is 1. The minimum Gasteiger partial charge on any atom is -0.351 e. The molecule has 1 atom stereocenters. The van der Waals surface area contributed by atoms with Gasteiger partial charge in [0, 0.05) is 6.54 Å². The first-order valence-electron chi connectivity index (χ1n) is 6.16. The zero-order chi connectivity index (χ0) is 12.8. The number of nitrogens with one attached hydrogen (secondary N) is 1. The third-order valence-corrected chi connectivity index (χ3v) is 2.97. The molecule has 1 rings (SSSR count). The van der Waals surface area contributed by atoms with E-state index in [0.29, 0.717) is 6.54 Å². The van der Waals surface area contributed by atoms with Crippen molar-refractivity contribution in [2.24, 2.45) is 11.7 Å². The van der Waals surface area contributed by atoms with Crippen LogP contribution in [0.15, 0.2) is 24.3 Å². The van der Waals surface area contributed by atoms with E-state index < -0.39 is 6.04 Å². The quantitative estimate of drug-likeness (QED) is 0.817. The van der Waals surface area contributed by atoms with Crippen LogP contribution in [0.1, 0.15) is 31.9 Å². The summed E-state index contributed by atoms with van der Waals surface area (Å²) in [6, 6.07) is 7.71. The van der Waals surface area contributed by atoms with Crippen LogP contribution in [0.4, 0.5) is 0 Å². The highest BCUT2D eigenvalue weighted by atomic mass is 16.2. The van der Waals surface area contributed by atoms with E-state index in [0.717, 1.165) is 6.42 Å². The molecule has 3 nitrogen and oxygen atoms in total. The van der Waals surface area contributed by atoms with Gasteiger partial charge in [-0.15, -0.1) is 0 Å². The van der Waals surface area contributed by atoms with Gasteiger partial charge in [0.25, 0.3) is 0 Å². The predicted molar refractivity (Wildman–Crippen MR) is 70.5 cm³/mol. The Morgan fingerprint density at radius 3 is 2.41 bits per heavy atom. The van der Waals surface area contributed by atoms with Crippen molar-refractivity contribution in [1.82, 2.24) is 5.32 Å². The molecule has 0 aromatic heterocycles. The van der Waals surface area contributed by atoms with Crippen molar-refractivity contribution in [3.05, 3.63) is 35.4 Å². The van der Waals surface area contributed by atoms with Crippen LogP contribution in [-0.2, 0) is 17.8 Å². The highest BCUT2D eigenvalue weighted by Gasteiger charge is 2.16. The maximum absolute atomic E-state index is 11.7. The second-order valence-electron chi connectivity index (χ2n) is 4.61. The van der Waals surface area contributed by atoms with E-state index in [-0.39, 0.29) is 11.8 Å². The van der Waals surface area contributed by atoms with Crippen LogP contribution < -0.4 is 11.1 Å². The molecule has 0 aliphatic rings. The minimum atomic E-state index is -0.427. The number of rotatable bonds is 5. The molecule has 0 bridgehead atoms. The smallest absolute Gasteiger partial charge is 0.237 e. The Bertz CT molecular complexity index is 374. The Kier molecular flexibility index (Phi) is 5.16. The van der Waals surface area contributed by atoms with Gasteiger partial charge in [0.05, 0.1) is 6.04 Å². The molecule has 0 saturated carbocycles. The largest absolute Gasteiger partial charge is 0.351 e. The monoisotopic (exact) mass is 234 g/mol. The first-order valence-corrected chi connectivity index (χ1v) is 6.16. The molecule has 0 aliphatic heterocycles. The van der Waals surface area contributed by atoms with E-state index in [1.54, 1.807) is 0 Å². The van der Waals surface area contributed by atoms with E-state index in [9.17, 15) is 4.79 Å². The molecule has 1 aromatic carbocycles. The van der Waals surface area contributed by atoms with Crippen molar-refractivity contribution in [2.75, 3.05) is 0 Å². The standard InChI is InChI=1S/C14H22N2O/c1-4-11-7-5-6-8-12(11)9-16-14(17)13(15)10(2)3/h5-8,10,13H,4,9,15H2,1-3H3,(H,16,17)/t13-/m1/s1. The van der Waals surface area contributed by atoms with Crippen molar-refractivity contribution in [1.29, 1.82) is 0 Å². The molecular formula is C14H22N2O. The molecule has 1 amide bonds. The molecule has 3 heteroatoms. The summed E-state index contributed by atoms with van der Waals surface area (Å²) >= 11 is 0. The molecule has 0 radical (unpaired) electrons. The number of hydrogen-bond donors (Lipinski definition) is 2. The van der Waals surface area contributed by atoms with Gasteiger partial charge >= 0.3 is 0 Å². The SMILES string of the molecule is CCc1ccccc1CNC(=O)[C@H](N)C(C)C. The molecule has 0 saturated heterocycles. The lowest BCUT2D eigenvalue weighted by atomic mass is 10.0. The van der Waals surface area contributed by atoms with Gasteiger partial charge in [-0.3, -0.25) is 4.79 Å². The van der Waals surface area contributed by atoms with Crippen LogP contribution >= 0.6 is 0 Å². The third kappa shape index (κ3) is 3.86. The number of hydrogen-bond acceptors (Lipinski definition) is 2. The number of carbonyl (C=O) groups excluding carboxylic acids is 1. The molecule has 1 aromatic rings. The van der Waals surface area contributed by atoms with Crippen LogP contribution in [0.2, 0.25) is 0 Å². The number of nitrogens with two attached hydrogens (primary N) is 1. The molecule has 0 fully saturated rings. The summed E-state index contributed by atoms with van der Waals surface area (Å²) in [6.07, 6.45) is 0.974. The number of benzene rings is 1. The number of aryl methyl sites for hydroxylation is 1. The van der Waals surface area contributed by atoms with Gasteiger partial charge in [0.15, 0.2) is 0 Å². The Hall–Kier alpha value is -1.35. The van der Waals surface area contributed by atoms with Crippen LogP contribution in [0.5, 0.6) is 0 Å².